The van der Waals surface area contributed by atoms with Crippen LogP contribution in [0.2, 0.25) is 0 Å². The van der Waals surface area contributed by atoms with Crippen molar-refractivity contribution in [3.05, 3.63) is 15.0 Å². The van der Waals surface area contributed by atoms with E-state index in [-0.39, 0.29) is 28.8 Å². The van der Waals surface area contributed by atoms with Gasteiger partial charge in [0.15, 0.2) is 0 Å². The first-order valence-corrected chi connectivity index (χ1v) is 7.42. The SMILES string of the molecule is O=C(O)CCCCBr.O=NNOCCCCC(=O)O.O=[N+]([O-])O.[Ag]. The summed E-state index contributed by atoms with van der Waals surface area (Å²) in [6.45, 7) is 0.291. The molecule has 12 nitrogen and oxygen atoms in total. The van der Waals surface area contributed by atoms with Crippen LogP contribution in [-0.4, -0.2) is 44.4 Å². The van der Waals surface area contributed by atoms with Crippen molar-refractivity contribution in [2.24, 2.45) is 5.29 Å². The number of hydrogen-bond acceptors (Lipinski definition) is 7. The van der Waals surface area contributed by atoms with Gasteiger partial charge in [-0.15, -0.1) is 20.6 Å². The second kappa shape index (κ2) is 26.6. The van der Waals surface area contributed by atoms with Crippen molar-refractivity contribution < 1.29 is 57.3 Å². The van der Waals surface area contributed by atoms with Gasteiger partial charge in [0.2, 0.25) is 0 Å². The maximum atomic E-state index is 9.96. The molecule has 0 saturated carbocycles. The van der Waals surface area contributed by atoms with E-state index >= 15 is 0 Å². The van der Waals surface area contributed by atoms with Gasteiger partial charge >= 0.3 is 11.9 Å². The number of hydrogen-bond donors (Lipinski definition) is 4. The van der Waals surface area contributed by atoms with E-state index in [1.165, 1.54) is 0 Å². The molecule has 0 bridgehead atoms. The van der Waals surface area contributed by atoms with Crippen LogP contribution in [0, 0.1) is 15.0 Å². The third-order valence-electron chi connectivity index (χ3n) is 1.76. The quantitative estimate of drug-likeness (QED) is 0.0790. The Hall–Kier alpha value is -1.28. The predicted molar refractivity (Wildman–Crippen MR) is 80.4 cm³/mol. The molecule has 0 aromatic rings. The van der Waals surface area contributed by atoms with Gasteiger partial charge in [-0.05, 0) is 25.7 Å². The Labute approximate surface area is 161 Å². The van der Waals surface area contributed by atoms with Gasteiger partial charge in [-0.3, -0.25) is 14.4 Å². The zero-order chi connectivity index (χ0) is 18.5. The summed E-state index contributed by atoms with van der Waals surface area (Å²) in [5.74, 6) is -1.53. The Morgan fingerprint density at radius 2 is 1.54 bits per heavy atom. The molecule has 0 aliphatic heterocycles. The number of rotatable bonds is 11. The number of alkyl halides is 1. The van der Waals surface area contributed by atoms with Crippen molar-refractivity contribution in [3.63, 3.8) is 0 Å². The van der Waals surface area contributed by atoms with Gasteiger partial charge in [-0.2, -0.15) is 0 Å². The Kier molecular flexibility index (Phi) is 33.9. The van der Waals surface area contributed by atoms with Gasteiger partial charge in [0.25, 0.3) is 5.09 Å². The zero-order valence-electron chi connectivity index (χ0n) is 12.5. The average Bonchev–Trinajstić information content (AvgIpc) is 2.42. The Balaban J connectivity index is -0.000000136. The van der Waals surface area contributed by atoms with Crippen LogP contribution in [0.5, 0.6) is 0 Å². The number of carboxylic acids is 2. The summed E-state index contributed by atoms with van der Waals surface area (Å²) in [5.41, 5.74) is 1.76. The second-order valence-electron chi connectivity index (χ2n) is 3.66. The molecule has 0 rings (SSSR count). The average molecular weight is 514 g/mol. The predicted octanol–water partition coefficient (Wildman–Crippen LogP) is 1.73. The van der Waals surface area contributed by atoms with Crippen molar-refractivity contribution in [2.75, 3.05) is 11.9 Å². The summed E-state index contributed by atoms with van der Waals surface area (Å²) in [6.07, 6.45) is 3.28. The van der Waals surface area contributed by atoms with E-state index < -0.39 is 17.0 Å². The molecule has 0 atom stereocenters. The minimum Gasteiger partial charge on any atom is -0.481 e. The van der Waals surface area contributed by atoms with Crippen molar-refractivity contribution in [1.29, 1.82) is 0 Å². The number of nitrogens with zero attached hydrogens (tertiary/aromatic N) is 2. The molecule has 14 heteroatoms. The fourth-order valence-electron chi connectivity index (χ4n) is 0.893. The fourth-order valence-corrected chi connectivity index (χ4v) is 1.29. The molecule has 0 fully saturated rings. The smallest absolute Gasteiger partial charge is 0.303 e. The molecule has 0 aromatic carbocycles. The van der Waals surface area contributed by atoms with E-state index in [1.807, 2.05) is 0 Å². The fraction of sp³-hybridized carbons (Fsp3) is 0.800. The van der Waals surface area contributed by atoms with E-state index in [1.54, 1.807) is 5.59 Å². The molecule has 1 radical (unpaired) electrons. The van der Waals surface area contributed by atoms with Gasteiger partial charge in [0, 0.05) is 40.6 Å². The summed E-state index contributed by atoms with van der Waals surface area (Å²) in [7, 11) is 0. The molecule has 4 N–H and O–H groups in total. The third-order valence-corrected chi connectivity index (χ3v) is 2.32. The number of nitroso groups, excluding NO2 is 1. The minimum atomic E-state index is -1.50. The summed E-state index contributed by atoms with van der Waals surface area (Å²) in [4.78, 5) is 42.0. The van der Waals surface area contributed by atoms with Crippen LogP contribution in [0.1, 0.15) is 38.5 Å². The third kappa shape index (κ3) is 58.7. The Bertz CT molecular complexity index is 333. The molecule has 0 saturated heterocycles. The molecule has 0 unspecified atom stereocenters. The van der Waals surface area contributed by atoms with Crippen molar-refractivity contribution in [1.82, 2.24) is 5.59 Å². The number of unbranched alkanes of at least 4 members (excludes halogenated alkanes) is 2. The van der Waals surface area contributed by atoms with Gasteiger partial charge < -0.3 is 15.4 Å². The van der Waals surface area contributed by atoms with Crippen molar-refractivity contribution >= 4 is 27.9 Å². The second-order valence-corrected chi connectivity index (χ2v) is 4.45. The first-order chi connectivity index (χ1) is 10.8. The van der Waals surface area contributed by atoms with Crippen LogP contribution < -0.4 is 5.59 Å². The maximum absolute atomic E-state index is 9.96. The number of halogens is 1. The Morgan fingerprint density at radius 3 is 1.88 bits per heavy atom. The number of aliphatic carboxylic acids is 2. The largest absolute Gasteiger partial charge is 0.481 e. The van der Waals surface area contributed by atoms with Crippen LogP contribution >= 0.6 is 15.9 Å². The van der Waals surface area contributed by atoms with Gasteiger partial charge in [0.1, 0.15) is 0 Å². The first kappa shape index (κ1) is 30.6. The summed E-state index contributed by atoms with van der Waals surface area (Å²) >= 11 is 3.21. The van der Waals surface area contributed by atoms with E-state index in [0.29, 0.717) is 25.9 Å². The van der Waals surface area contributed by atoms with Gasteiger partial charge in [-0.1, -0.05) is 15.9 Å². The van der Waals surface area contributed by atoms with Crippen LogP contribution in [0.4, 0.5) is 0 Å². The molecule has 0 spiro atoms. The van der Waals surface area contributed by atoms with Crippen LogP contribution in [-0.2, 0) is 36.8 Å². The van der Waals surface area contributed by atoms with E-state index in [2.05, 4.69) is 26.1 Å². The summed E-state index contributed by atoms with van der Waals surface area (Å²) in [6, 6.07) is 0. The number of carbonyl (C=O) groups is 2. The Morgan fingerprint density at radius 1 is 1.12 bits per heavy atom. The van der Waals surface area contributed by atoms with Crippen molar-refractivity contribution in [2.45, 2.75) is 38.5 Å². The molecule has 0 heterocycles. The van der Waals surface area contributed by atoms with Crippen LogP contribution in [0.25, 0.3) is 0 Å². The van der Waals surface area contributed by atoms with Gasteiger partial charge in [0.05, 0.1) is 11.9 Å². The molecular weight excluding hydrogens is 494 g/mol. The summed E-state index contributed by atoms with van der Waals surface area (Å²) < 4.78 is 0. The van der Waals surface area contributed by atoms with Gasteiger partial charge in [-0.25, -0.2) is 0 Å². The van der Waals surface area contributed by atoms with Crippen LogP contribution in [0.3, 0.4) is 0 Å². The number of carboxylic acid groups (broad SMARTS) is 2. The minimum absolute atomic E-state index is 0. The number of nitrogens with one attached hydrogen (secondary N) is 1. The molecule has 0 aliphatic carbocycles. The molecule has 147 valence electrons. The van der Waals surface area contributed by atoms with E-state index in [4.69, 9.17) is 25.5 Å². The molecule has 0 aliphatic rings. The monoisotopic (exact) mass is 512 g/mol. The van der Waals surface area contributed by atoms with E-state index in [0.717, 1.165) is 18.2 Å². The molecule has 0 amide bonds. The molecular formula is C10H20AgBrN3O9. The normalized spacial score (nSPS) is 8.21. The van der Waals surface area contributed by atoms with Crippen molar-refractivity contribution in [3.8, 4) is 0 Å². The van der Waals surface area contributed by atoms with Crippen LogP contribution in [0.15, 0.2) is 5.29 Å². The topological polar surface area (TPSA) is 189 Å². The standard InChI is InChI=1S/C5H9BrO2.C5H10N2O4.Ag.HNO3/c6-4-2-1-3-5(7)8;8-5(9)3-1-2-4-11-7-6-10;;2-1(3)4/h1-4H2,(H,7,8);1-4H2,(H,7,10)(H,8,9);;(H,2,3,4). The zero-order valence-corrected chi connectivity index (χ0v) is 15.6. The maximum Gasteiger partial charge on any atom is 0.303 e. The molecule has 24 heavy (non-hydrogen) atoms. The first-order valence-electron chi connectivity index (χ1n) is 6.29. The van der Waals surface area contributed by atoms with E-state index in [9.17, 15) is 14.5 Å². The molecule has 0 aromatic heterocycles. The summed E-state index contributed by atoms with van der Waals surface area (Å²) in [5, 5.41) is 33.1.